The number of carboxylic acids is 2. The molecule has 1 aromatic rings. The van der Waals surface area contributed by atoms with Crippen LogP contribution in [-0.2, 0) is 9.59 Å². The first kappa shape index (κ1) is 14.4. The monoisotopic (exact) mass is 263 g/mol. The van der Waals surface area contributed by atoms with Crippen LogP contribution in [0.2, 0.25) is 0 Å². The summed E-state index contributed by atoms with van der Waals surface area (Å²) in [6.07, 6.45) is 0. The lowest BCUT2D eigenvalue weighted by Gasteiger charge is -2.22. The van der Waals surface area contributed by atoms with Crippen LogP contribution in [-0.4, -0.2) is 40.2 Å². The zero-order valence-electron chi connectivity index (χ0n) is 10.5. The molecule has 7 nitrogen and oxygen atoms in total. The Bertz CT molecular complexity index is 547. The molecule has 0 spiro atoms. The SMILES string of the molecule is Cc1cc(N(CC(=O)O)CC(=O)O)c(C#N)c(C)n1. The van der Waals surface area contributed by atoms with Crippen LogP contribution in [0, 0.1) is 25.2 Å². The number of nitrogens with zero attached hydrogens (tertiary/aromatic N) is 3. The van der Waals surface area contributed by atoms with Gasteiger partial charge in [0.25, 0.3) is 0 Å². The zero-order chi connectivity index (χ0) is 14.6. The Hall–Kier alpha value is -2.62. The van der Waals surface area contributed by atoms with Crippen molar-refractivity contribution in [3.63, 3.8) is 0 Å². The Morgan fingerprint density at radius 2 is 1.84 bits per heavy atom. The lowest BCUT2D eigenvalue weighted by atomic mass is 10.1. The molecule has 0 atom stereocenters. The quantitative estimate of drug-likeness (QED) is 0.796. The van der Waals surface area contributed by atoms with Crippen molar-refractivity contribution < 1.29 is 19.8 Å². The van der Waals surface area contributed by atoms with Gasteiger partial charge in [0.05, 0.1) is 16.9 Å². The van der Waals surface area contributed by atoms with Crippen molar-refractivity contribution in [3.8, 4) is 6.07 Å². The predicted molar refractivity (Wildman–Crippen MR) is 65.9 cm³/mol. The van der Waals surface area contributed by atoms with Crippen molar-refractivity contribution in [2.75, 3.05) is 18.0 Å². The Labute approximate surface area is 109 Å². The Kier molecular flexibility index (Phi) is 4.42. The van der Waals surface area contributed by atoms with Gasteiger partial charge in [0.1, 0.15) is 19.2 Å². The number of anilines is 1. The number of carbonyl (C=O) groups is 2. The zero-order valence-corrected chi connectivity index (χ0v) is 10.5. The van der Waals surface area contributed by atoms with Crippen LogP contribution in [0.15, 0.2) is 6.07 Å². The van der Waals surface area contributed by atoms with Gasteiger partial charge in [-0.25, -0.2) is 0 Å². The number of rotatable bonds is 5. The van der Waals surface area contributed by atoms with Gasteiger partial charge in [-0.1, -0.05) is 0 Å². The molecule has 2 N–H and O–H groups in total. The first-order valence-corrected chi connectivity index (χ1v) is 5.42. The standard InChI is InChI=1S/C12H13N3O4/c1-7-3-10(9(4-13)8(2)14-7)15(5-11(16)17)6-12(18)19/h3H,5-6H2,1-2H3,(H,16,17)(H,18,19). The first-order valence-electron chi connectivity index (χ1n) is 5.42. The molecule has 19 heavy (non-hydrogen) atoms. The van der Waals surface area contributed by atoms with Crippen molar-refractivity contribution in [1.82, 2.24) is 4.98 Å². The van der Waals surface area contributed by atoms with Crippen LogP contribution in [0.5, 0.6) is 0 Å². The molecule has 0 aliphatic carbocycles. The predicted octanol–water partition coefficient (Wildman–Crippen LogP) is 0.546. The summed E-state index contributed by atoms with van der Waals surface area (Å²) in [6, 6.07) is 3.44. The number of hydrogen-bond acceptors (Lipinski definition) is 5. The van der Waals surface area contributed by atoms with Crippen LogP contribution < -0.4 is 4.90 Å². The van der Waals surface area contributed by atoms with Crippen molar-refractivity contribution in [2.24, 2.45) is 0 Å². The van der Waals surface area contributed by atoms with Crippen LogP contribution >= 0.6 is 0 Å². The van der Waals surface area contributed by atoms with Crippen LogP contribution in [0.1, 0.15) is 17.0 Å². The molecule has 0 saturated heterocycles. The summed E-state index contributed by atoms with van der Waals surface area (Å²) in [5.41, 5.74) is 1.50. The molecule has 0 aliphatic rings. The van der Waals surface area contributed by atoms with Crippen LogP contribution in [0.25, 0.3) is 0 Å². The molecule has 0 saturated carbocycles. The van der Waals surface area contributed by atoms with E-state index in [-0.39, 0.29) is 11.3 Å². The molecular formula is C12H13N3O4. The fourth-order valence-corrected chi connectivity index (χ4v) is 1.75. The van der Waals surface area contributed by atoms with Gasteiger partial charge in [-0.3, -0.25) is 14.6 Å². The second kappa shape index (κ2) is 5.82. The highest BCUT2D eigenvalue weighted by atomic mass is 16.4. The minimum Gasteiger partial charge on any atom is -0.480 e. The maximum Gasteiger partial charge on any atom is 0.323 e. The molecule has 0 unspecified atom stereocenters. The summed E-state index contributed by atoms with van der Waals surface area (Å²) in [5, 5.41) is 26.8. The van der Waals surface area contributed by atoms with Gasteiger partial charge in [0, 0.05) is 5.69 Å². The highest BCUT2D eigenvalue weighted by Crippen LogP contribution is 2.23. The van der Waals surface area contributed by atoms with E-state index in [9.17, 15) is 9.59 Å². The summed E-state index contributed by atoms with van der Waals surface area (Å²) in [5.74, 6) is -2.34. The van der Waals surface area contributed by atoms with Gasteiger partial charge in [-0.2, -0.15) is 5.26 Å². The molecule has 0 aliphatic heterocycles. The van der Waals surface area contributed by atoms with Crippen LogP contribution in [0.4, 0.5) is 5.69 Å². The largest absolute Gasteiger partial charge is 0.480 e. The fourth-order valence-electron chi connectivity index (χ4n) is 1.75. The fraction of sp³-hybridized carbons (Fsp3) is 0.333. The normalized spacial score (nSPS) is 9.74. The summed E-state index contributed by atoms with van der Waals surface area (Å²) in [4.78, 5) is 26.8. The molecule has 1 aromatic heterocycles. The lowest BCUT2D eigenvalue weighted by molar-refractivity contribution is -0.136. The van der Waals surface area contributed by atoms with Gasteiger partial charge in [0.15, 0.2) is 0 Å². The number of aromatic nitrogens is 1. The molecule has 7 heteroatoms. The molecule has 0 radical (unpaired) electrons. The lowest BCUT2D eigenvalue weighted by Crippen LogP contribution is -2.35. The summed E-state index contributed by atoms with van der Waals surface area (Å²) >= 11 is 0. The van der Waals surface area contributed by atoms with Gasteiger partial charge in [-0.05, 0) is 19.9 Å². The van der Waals surface area contributed by atoms with E-state index < -0.39 is 25.0 Å². The average molecular weight is 263 g/mol. The summed E-state index contributed by atoms with van der Waals surface area (Å²) in [7, 11) is 0. The number of aliphatic carboxylic acids is 2. The van der Waals surface area contributed by atoms with E-state index >= 15 is 0 Å². The Morgan fingerprint density at radius 3 is 2.26 bits per heavy atom. The van der Waals surface area contributed by atoms with E-state index in [1.54, 1.807) is 13.8 Å². The van der Waals surface area contributed by atoms with E-state index in [1.165, 1.54) is 6.07 Å². The highest BCUT2D eigenvalue weighted by molar-refractivity contribution is 5.81. The van der Waals surface area contributed by atoms with Gasteiger partial charge in [0.2, 0.25) is 0 Å². The Morgan fingerprint density at radius 1 is 1.32 bits per heavy atom. The van der Waals surface area contributed by atoms with Gasteiger partial charge in [-0.15, -0.1) is 0 Å². The van der Waals surface area contributed by atoms with Crippen molar-refractivity contribution in [2.45, 2.75) is 13.8 Å². The average Bonchev–Trinajstić information content (AvgIpc) is 2.25. The number of nitriles is 1. The summed E-state index contributed by atoms with van der Waals surface area (Å²) < 4.78 is 0. The van der Waals surface area contributed by atoms with Crippen molar-refractivity contribution in [3.05, 3.63) is 23.0 Å². The third kappa shape index (κ3) is 3.67. The second-order valence-corrected chi connectivity index (χ2v) is 4.00. The second-order valence-electron chi connectivity index (χ2n) is 4.00. The molecule has 0 fully saturated rings. The third-order valence-electron chi connectivity index (χ3n) is 2.41. The van der Waals surface area contributed by atoms with E-state index in [4.69, 9.17) is 15.5 Å². The van der Waals surface area contributed by atoms with E-state index in [1.807, 2.05) is 6.07 Å². The first-order chi connectivity index (χ1) is 8.85. The van der Waals surface area contributed by atoms with Crippen LogP contribution in [0.3, 0.4) is 0 Å². The highest BCUT2D eigenvalue weighted by Gasteiger charge is 2.19. The maximum atomic E-state index is 10.8. The van der Waals surface area contributed by atoms with E-state index in [2.05, 4.69) is 4.98 Å². The number of hydrogen-bond donors (Lipinski definition) is 2. The molecule has 1 rings (SSSR count). The number of carboxylic acid groups (broad SMARTS) is 2. The minimum absolute atomic E-state index is 0.188. The van der Waals surface area contributed by atoms with Crippen molar-refractivity contribution in [1.29, 1.82) is 5.26 Å². The molecule has 0 amide bonds. The molecule has 0 aromatic carbocycles. The number of pyridine rings is 1. The summed E-state index contributed by atoms with van der Waals surface area (Å²) in [6.45, 7) is 2.32. The minimum atomic E-state index is -1.17. The molecule has 0 bridgehead atoms. The third-order valence-corrected chi connectivity index (χ3v) is 2.41. The maximum absolute atomic E-state index is 10.8. The van der Waals surface area contributed by atoms with E-state index in [0.717, 1.165) is 4.90 Å². The number of aryl methyl sites for hydroxylation is 2. The van der Waals surface area contributed by atoms with Gasteiger partial charge >= 0.3 is 11.9 Å². The smallest absolute Gasteiger partial charge is 0.323 e. The van der Waals surface area contributed by atoms with Gasteiger partial charge < -0.3 is 15.1 Å². The molecule has 100 valence electrons. The Balaban J connectivity index is 3.32. The van der Waals surface area contributed by atoms with E-state index in [0.29, 0.717) is 11.4 Å². The molecule has 1 heterocycles. The topological polar surface area (TPSA) is 115 Å². The molecular weight excluding hydrogens is 250 g/mol. The van der Waals surface area contributed by atoms with Crippen molar-refractivity contribution >= 4 is 17.6 Å².